The first-order valence-corrected chi connectivity index (χ1v) is 8.90. The van der Waals surface area contributed by atoms with E-state index >= 15 is 0 Å². The van der Waals surface area contributed by atoms with Crippen LogP contribution in [0.3, 0.4) is 0 Å². The highest BCUT2D eigenvalue weighted by molar-refractivity contribution is 5.99. The molecule has 0 saturated heterocycles. The van der Waals surface area contributed by atoms with E-state index in [1.807, 2.05) is 32.3 Å². The van der Waals surface area contributed by atoms with Gasteiger partial charge >= 0.3 is 0 Å². The number of aromatic nitrogens is 1. The molecular weight excluding hydrogens is 312 g/mol. The molecule has 5 heteroatoms. The van der Waals surface area contributed by atoms with Crippen molar-refractivity contribution in [3.05, 3.63) is 53.7 Å². The average Bonchev–Trinajstić information content (AvgIpc) is 2.64. The van der Waals surface area contributed by atoms with Crippen LogP contribution >= 0.6 is 0 Å². The minimum absolute atomic E-state index is 0.0510. The lowest BCUT2D eigenvalue weighted by molar-refractivity contribution is 0.0952. The van der Waals surface area contributed by atoms with Gasteiger partial charge in [-0.05, 0) is 63.7 Å². The van der Waals surface area contributed by atoms with Gasteiger partial charge in [0.05, 0.1) is 5.56 Å². The largest absolute Gasteiger partial charge is 0.352 e. The fraction of sp³-hybridized carbons (Fsp3) is 0.400. The smallest absolute Gasteiger partial charge is 0.255 e. The molecule has 0 unspecified atom stereocenters. The Morgan fingerprint density at radius 1 is 1.24 bits per heavy atom. The van der Waals surface area contributed by atoms with Gasteiger partial charge in [-0.2, -0.15) is 0 Å². The number of para-hydroxylation sites is 1. The van der Waals surface area contributed by atoms with Gasteiger partial charge in [-0.15, -0.1) is 0 Å². The van der Waals surface area contributed by atoms with Gasteiger partial charge in [-0.25, -0.2) is 4.98 Å². The third-order valence-corrected chi connectivity index (χ3v) is 4.46. The van der Waals surface area contributed by atoms with Crippen molar-refractivity contribution in [2.45, 2.75) is 19.3 Å². The topological polar surface area (TPSA) is 48.5 Å². The third-order valence-electron chi connectivity index (χ3n) is 4.46. The lowest BCUT2D eigenvalue weighted by Crippen LogP contribution is -2.31. The Kier molecular flexibility index (Phi) is 5.66. The molecule has 1 aliphatic rings. The molecule has 2 aromatic rings. The summed E-state index contributed by atoms with van der Waals surface area (Å²) in [6.45, 7) is 2.51. The second-order valence-corrected chi connectivity index (χ2v) is 6.67. The predicted octanol–water partition coefficient (Wildman–Crippen LogP) is 2.85. The number of benzene rings is 1. The number of nitrogens with one attached hydrogen (secondary N) is 1. The number of hydrogen-bond acceptors (Lipinski definition) is 4. The number of anilines is 2. The molecule has 2 heterocycles. The first kappa shape index (κ1) is 17.4. The van der Waals surface area contributed by atoms with Gasteiger partial charge in [0.15, 0.2) is 0 Å². The van der Waals surface area contributed by atoms with Crippen LogP contribution < -0.4 is 10.2 Å². The van der Waals surface area contributed by atoms with E-state index in [1.54, 1.807) is 6.20 Å². The van der Waals surface area contributed by atoms with Crippen LogP contribution in [-0.2, 0) is 6.42 Å². The van der Waals surface area contributed by atoms with Gasteiger partial charge in [-0.3, -0.25) is 4.79 Å². The molecule has 1 aromatic heterocycles. The number of hydrogen-bond donors (Lipinski definition) is 1. The Morgan fingerprint density at radius 3 is 2.92 bits per heavy atom. The molecule has 0 atom stereocenters. The van der Waals surface area contributed by atoms with E-state index < -0.39 is 0 Å². The highest BCUT2D eigenvalue weighted by atomic mass is 16.1. The van der Waals surface area contributed by atoms with Gasteiger partial charge in [0, 0.05) is 25.0 Å². The predicted molar refractivity (Wildman–Crippen MR) is 102 cm³/mol. The molecule has 1 aliphatic heterocycles. The van der Waals surface area contributed by atoms with Gasteiger partial charge < -0.3 is 15.1 Å². The lowest BCUT2D eigenvalue weighted by Gasteiger charge is -2.31. The van der Waals surface area contributed by atoms with Crippen LogP contribution in [0.15, 0.2) is 42.6 Å². The Hall–Kier alpha value is -2.40. The van der Waals surface area contributed by atoms with Gasteiger partial charge in [0.2, 0.25) is 0 Å². The maximum atomic E-state index is 12.7. The molecule has 1 aromatic carbocycles. The first-order valence-electron chi connectivity index (χ1n) is 8.90. The summed E-state index contributed by atoms with van der Waals surface area (Å²) in [4.78, 5) is 21.5. The molecule has 132 valence electrons. The van der Waals surface area contributed by atoms with Crippen molar-refractivity contribution in [1.29, 1.82) is 0 Å². The number of nitrogens with zero attached hydrogens (tertiary/aromatic N) is 3. The van der Waals surface area contributed by atoms with Crippen LogP contribution in [0, 0.1) is 0 Å². The molecule has 5 nitrogen and oxygen atoms in total. The Bertz CT molecular complexity index is 729. The van der Waals surface area contributed by atoms with Crippen molar-refractivity contribution in [3.63, 3.8) is 0 Å². The molecule has 3 rings (SSSR count). The summed E-state index contributed by atoms with van der Waals surface area (Å²) in [5.74, 6) is 0.699. The number of rotatable bonds is 6. The summed E-state index contributed by atoms with van der Waals surface area (Å²) in [6, 6.07) is 12.1. The summed E-state index contributed by atoms with van der Waals surface area (Å²) >= 11 is 0. The average molecular weight is 338 g/mol. The zero-order chi connectivity index (χ0) is 17.6. The minimum atomic E-state index is -0.0510. The fourth-order valence-corrected chi connectivity index (χ4v) is 3.24. The lowest BCUT2D eigenvalue weighted by atomic mass is 10.0. The summed E-state index contributed by atoms with van der Waals surface area (Å²) in [7, 11) is 4.07. The van der Waals surface area contributed by atoms with E-state index in [4.69, 9.17) is 0 Å². The monoisotopic (exact) mass is 338 g/mol. The molecule has 0 fully saturated rings. The van der Waals surface area contributed by atoms with Gasteiger partial charge in [0.25, 0.3) is 5.91 Å². The first-order chi connectivity index (χ1) is 12.2. The molecule has 0 spiro atoms. The second kappa shape index (κ2) is 8.12. The number of carbonyl (C=O) groups excluding carboxylic acids is 1. The van der Waals surface area contributed by atoms with Crippen molar-refractivity contribution in [2.24, 2.45) is 0 Å². The van der Waals surface area contributed by atoms with E-state index in [1.165, 1.54) is 5.56 Å². The van der Waals surface area contributed by atoms with Gasteiger partial charge in [0.1, 0.15) is 5.82 Å². The van der Waals surface area contributed by atoms with Crippen LogP contribution in [0.5, 0.6) is 0 Å². The number of carbonyl (C=O) groups is 1. The zero-order valence-corrected chi connectivity index (χ0v) is 15.0. The number of pyridine rings is 1. The second-order valence-electron chi connectivity index (χ2n) is 6.67. The van der Waals surface area contributed by atoms with Crippen LogP contribution in [0.25, 0.3) is 0 Å². The zero-order valence-electron chi connectivity index (χ0n) is 15.0. The molecule has 1 N–H and O–H groups in total. The molecule has 0 radical (unpaired) electrons. The Labute approximate surface area is 149 Å². The fourth-order valence-electron chi connectivity index (χ4n) is 3.24. The van der Waals surface area contributed by atoms with Crippen LogP contribution in [0.2, 0.25) is 0 Å². The SMILES string of the molecule is CN(C)CCCNC(=O)c1cccnc1N1CCCc2ccccc21. The van der Waals surface area contributed by atoms with E-state index in [-0.39, 0.29) is 5.91 Å². The van der Waals surface area contributed by atoms with E-state index in [2.05, 4.69) is 38.3 Å². The third kappa shape index (κ3) is 4.17. The molecule has 0 bridgehead atoms. The van der Waals surface area contributed by atoms with Crippen molar-refractivity contribution < 1.29 is 4.79 Å². The number of aryl methyl sites for hydroxylation is 1. The van der Waals surface area contributed by atoms with Crippen molar-refractivity contribution in [3.8, 4) is 0 Å². The minimum Gasteiger partial charge on any atom is -0.352 e. The van der Waals surface area contributed by atoms with Crippen LogP contribution in [0.4, 0.5) is 11.5 Å². The van der Waals surface area contributed by atoms with Crippen LogP contribution in [0.1, 0.15) is 28.8 Å². The molecular formula is C20H26N4O. The summed E-state index contributed by atoms with van der Waals surface area (Å²) in [6.07, 6.45) is 4.83. The Balaban J connectivity index is 1.79. The normalized spacial score (nSPS) is 13.6. The van der Waals surface area contributed by atoms with Crippen molar-refractivity contribution >= 4 is 17.4 Å². The van der Waals surface area contributed by atoms with E-state index in [0.717, 1.165) is 43.9 Å². The molecule has 0 saturated carbocycles. The highest BCUT2D eigenvalue weighted by Gasteiger charge is 2.23. The van der Waals surface area contributed by atoms with E-state index in [9.17, 15) is 4.79 Å². The molecule has 25 heavy (non-hydrogen) atoms. The summed E-state index contributed by atoms with van der Waals surface area (Å²) in [5, 5.41) is 3.03. The standard InChI is InChI=1S/C20H26N4O/c1-23(2)14-7-13-22-20(25)17-10-5-12-21-19(17)24-15-6-9-16-8-3-4-11-18(16)24/h3-5,8,10-12H,6-7,9,13-15H2,1-2H3,(H,22,25). The van der Waals surface area contributed by atoms with Crippen LogP contribution in [-0.4, -0.2) is 49.5 Å². The quantitative estimate of drug-likeness (QED) is 0.823. The van der Waals surface area contributed by atoms with Crippen molar-refractivity contribution in [2.75, 3.05) is 38.6 Å². The summed E-state index contributed by atoms with van der Waals surface area (Å²) < 4.78 is 0. The Morgan fingerprint density at radius 2 is 2.08 bits per heavy atom. The van der Waals surface area contributed by atoms with Crippen molar-refractivity contribution in [1.82, 2.24) is 15.2 Å². The maximum absolute atomic E-state index is 12.7. The van der Waals surface area contributed by atoms with E-state index in [0.29, 0.717) is 12.1 Å². The molecule has 1 amide bonds. The summed E-state index contributed by atoms with van der Waals surface area (Å²) in [5.41, 5.74) is 3.12. The number of amides is 1. The van der Waals surface area contributed by atoms with Gasteiger partial charge in [-0.1, -0.05) is 18.2 Å². The highest BCUT2D eigenvalue weighted by Crippen LogP contribution is 2.33. The molecule has 0 aliphatic carbocycles. The maximum Gasteiger partial charge on any atom is 0.255 e. The number of fused-ring (bicyclic) bond motifs is 1.